The van der Waals surface area contributed by atoms with E-state index in [1.807, 2.05) is 0 Å². The number of nitrogens with zero attached hydrogens (tertiary/aromatic N) is 2. The zero-order valence-electron chi connectivity index (χ0n) is 26.1. The Labute approximate surface area is 268 Å². The molecule has 2 nitrogen and oxygen atoms in total. The van der Waals surface area contributed by atoms with Crippen molar-refractivity contribution < 1.29 is 0 Å². The van der Waals surface area contributed by atoms with Crippen LogP contribution in [0, 0.1) is 0 Å². The molecule has 0 saturated carbocycles. The Kier molecular flexibility index (Phi) is 6.64. The van der Waals surface area contributed by atoms with Crippen molar-refractivity contribution >= 4 is 92.6 Å². The van der Waals surface area contributed by atoms with E-state index < -0.39 is 0 Å². The molecule has 2 aromatic heterocycles. The van der Waals surface area contributed by atoms with Crippen molar-refractivity contribution in [2.45, 2.75) is 0 Å². The Morgan fingerprint density at radius 3 is 1.69 bits per heavy atom. The van der Waals surface area contributed by atoms with E-state index >= 15 is 0 Å². The van der Waals surface area contributed by atoms with Gasteiger partial charge in [-0.1, -0.05) is 30.3 Å². The van der Waals surface area contributed by atoms with E-state index in [1.165, 1.54) is 76.7 Å². The SMILES string of the molecule is Bc1bc(-c2nc3ccccc3n2-c2c3ccccc3c(-c3ccc(-c4ccccc4)cc3)c3ccccc23)c(B)c(B)c1B. The molecule has 0 spiro atoms. The van der Waals surface area contributed by atoms with Gasteiger partial charge in [-0.3, -0.25) is 0 Å². The molecule has 0 bridgehead atoms. The molecular weight excluding hydrogens is 538 g/mol. The first-order valence-electron chi connectivity index (χ1n) is 15.7. The van der Waals surface area contributed by atoms with Crippen LogP contribution in [0.4, 0.5) is 0 Å². The van der Waals surface area contributed by atoms with E-state index in [0.717, 1.165) is 16.9 Å². The van der Waals surface area contributed by atoms with Crippen molar-refractivity contribution in [3.05, 3.63) is 127 Å². The molecule has 7 heteroatoms. The van der Waals surface area contributed by atoms with Crippen LogP contribution in [0.5, 0.6) is 0 Å². The number of aromatic nitrogens is 2. The van der Waals surface area contributed by atoms with E-state index in [-0.39, 0.29) is 0 Å². The van der Waals surface area contributed by atoms with Crippen LogP contribution in [0.25, 0.3) is 71.8 Å². The summed E-state index contributed by atoms with van der Waals surface area (Å²) in [6.07, 6.45) is 0. The van der Waals surface area contributed by atoms with Crippen LogP contribution in [0.2, 0.25) is 0 Å². The van der Waals surface area contributed by atoms with Gasteiger partial charge in [0.15, 0.2) is 0 Å². The second-order valence-corrected chi connectivity index (χ2v) is 12.1. The molecule has 206 valence electrons. The molecule has 0 saturated heterocycles. The van der Waals surface area contributed by atoms with Gasteiger partial charge in [0.2, 0.25) is 0 Å². The van der Waals surface area contributed by atoms with Crippen LogP contribution in [0.15, 0.2) is 127 Å². The Hall–Kier alpha value is -5.02. The average Bonchev–Trinajstić information content (AvgIpc) is 3.47. The molecule has 0 fully saturated rings. The fraction of sp³-hybridized carbons (Fsp3) is 0. The van der Waals surface area contributed by atoms with Crippen LogP contribution in [-0.2, 0) is 0 Å². The van der Waals surface area contributed by atoms with Gasteiger partial charge in [0, 0.05) is 0 Å². The summed E-state index contributed by atoms with van der Waals surface area (Å²) < 4.78 is 2.42. The van der Waals surface area contributed by atoms with Crippen molar-refractivity contribution in [1.82, 2.24) is 9.55 Å². The molecule has 0 aliphatic carbocycles. The van der Waals surface area contributed by atoms with Gasteiger partial charge in [0.05, 0.1) is 0 Å². The maximum atomic E-state index is 5.33. The Bertz CT molecular complexity index is 2360. The maximum absolute atomic E-state index is 5.33. The summed E-state index contributed by atoms with van der Waals surface area (Å²) in [7, 11) is 8.90. The van der Waals surface area contributed by atoms with Gasteiger partial charge in [-0.05, 0) is 0 Å². The Balaban J connectivity index is 1.46. The standard InChI is InChI=1S/C38H29B5N2/c39-32-33(40)35(43-37(42)34(32)41)38-44-29-16-8-9-17-30(29)45(38)36-27-14-6-4-12-25(27)31(26-13-5-7-15-28(26)36)24-20-18-23(19-21-24)22-10-2-1-3-11-22/h1-21H,39-42H2. The van der Waals surface area contributed by atoms with Gasteiger partial charge in [0.25, 0.3) is 0 Å². The van der Waals surface area contributed by atoms with Gasteiger partial charge in [-0.2, -0.15) is 0 Å². The van der Waals surface area contributed by atoms with Gasteiger partial charge in [-0.15, -0.1) is 0 Å². The zero-order chi connectivity index (χ0) is 30.7. The quantitative estimate of drug-likeness (QED) is 0.236. The summed E-state index contributed by atoms with van der Waals surface area (Å²) in [4.78, 5) is 5.33. The van der Waals surface area contributed by atoms with Crippen molar-refractivity contribution in [3.8, 4) is 39.2 Å². The first kappa shape index (κ1) is 27.5. The molecule has 6 aromatic carbocycles. The summed E-state index contributed by atoms with van der Waals surface area (Å²) >= 11 is 0. The van der Waals surface area contributed by atoms with Crippen molar-refractivity contribution in [2.24, 2.45) is 0 Å². The number of rotatable bonds is 4. The third kappa shape index (κ3) is 4.41. The van der Waals surface area contributed by atoms with Crippen LogP contribution in [0.3, 0.4) is 0 Å². The first-order valence-corrected chi connectivity index (χ1v) is 15.7. The van der Waals surface area contributed by atoms with Crippen LogP contribution < -0.4 is 21.7 Å². The van der Waals surface area contributed by atoms with Gasteiger partial charge < -0.3 is 0 Å². The van der Waals surface area contributed by atoms with Crippen LogP contribution >= 0.6 is 0 Å². The molecular formula is C38H29B5N2. The number of para-hydroxylation sites is 2. The molecule has 0 N–H and O–H groups in total. The minimum atomic E-state index is 0.982. The second kappa shape index (κ2) is 10.9. The summed E-state index contributed by atoms with van der Waals surface area (Å²) in [5, 5.41) is 6.17. The van der Waals surface area contributed by atoms with E-state index in [0.29, 0.717) is 0 Å². The summed E-state index contributed by atoms with van der Waals surface area (Å²) in [5.41, 5.74) is 13.3. The van der Waals surface area contributed by atoms with Gasteiger partial charge >= 0.3 is 238 Å². The number of fused-ring (bicyclic) bond motifs is 3. The van der Waals surface area contributed by atoms with Crippen molar-refractivity contribution in [1.29, 1.82) is 0 Å². The predicted octanol–water partition coefficient (Wildman–Crippen LogP) is 2.70. The summed E-state index contributed by atoms with van der Waals surface area (Å²) in [6, 6.07) is 45.9. The molecule has 0 aliphatic heterocycles. The third-order valence-electron chi connectivity index (χ3n) is 9.69. The van der Waals surface area contributed by atoms with Gasteiger partial charge in [0.1, 0.15) is 0 Å². The average molecular weight is 568 g/mol. The van der Waals surface area contributed by atoms with Crippen LogP contribution in [0.1, 0.15) is 0 Å². The minimum absolute atomic E-state index is 0.982. The molecule has 0 atom stereocenters. The molecule has 0 unspecified atom stereocenters. The molecule has 0 radical (unpaired) electrons. The van der Waals surface area contributed by atoms with Crippen LogP contribution in [-0.4, -0.2) is 47.8 Å². The normalized spacial score (nSPS) is 11.4. The number of hydrogen-bond acceptors (Lipinski definition) is 1. The second-order valence-electron chi connectivity index (χ2n) is 12.1. The Morgan fingerprint density at radius 2 is 1.02 bits per heavy atom. The van der Waals surface area contributed by atoms with E-state index in [2.05, 4.69) is 170 Å². The third-order valence-corrected chi connectivity index (χ3v) is 9.69. The number of hydrogen-bond donors (Lipinski definition) is 0. The predicted molar refractivity (Wildman–Crippen MR) is 206 cm³/mol. The number of benzene rings is 6. The zero-order valence-corrected chi connectivity index (χ0v) is 26.1. The van der Waals surface area contributed by atoms with Crippen molar-refractivity contribution in [3.63, 3.8) is 0 Å². The monoisotopic (exact) mass is 568 g/mol. The van der Waals surface area contributed by atoms with E-state index in [1.54, 1.807) is 0 Å². The van der Waals surface area contributed by atoms with E-state index in [9.17, 15) is 0 Å². The fourth-order valence-electron chi connectivity index (χ4n) is 6.99. The molecule has 0 amide bonds. The number of imidazole rings is 1. The molecule has 8 rings (SSSR count). The summed E-state index contributed by atoms with van der Waals surface area (Å²) in [5.74, 6) is 0.982. The van der Waals surface area contributed by atoms with Gasteiger partial charge in [-0.25, -0.2) is 0 Å². The Morgan fingerprint density at radius 1 is 0.489 bits per heavy atom. The first-order chi connectivity index (χ1) is 22.0. The van der Waals surface area contributed by atoms with Crippen molar-refractivity contribution in [2.75, 3.05) is 0 Å². The molecule has 0 aliphatic rings. The van der Waals surface area contributed by atoms with E-state index in [4.69, 9.17) is 4.98 Å². The topological polar surface area (TPSA) is 17.8 Å². The fourth-order valence-corrected chi connectivity index (χ4v) is 6.99. The molecule has 8 aromatic rings. The molecule has 45 heavy (non-hydrogen) atoms. The summed E-state index contributed by atoms with van der Waals surface area (Å²) in [6.45, 7) is 2.32. The molecule has 2 heterocycles.